The number of rotatable bonds is 4. The van der Waals surface area contributed by atoms with Gasteiger partial charge in [0, 0.05) is 12.8 Å². The molecule has 0 radical (unpaired) electrons. The molecule has 0 atom stereocenters. The molecule has 0 N–H and O–H groups in total. The molecule has 0 aliphatic heterocycles. The van der Waals surface area contributed by atoms with Gasteiger partial charge < -0.3 is 0 Å². The first-order valence-electron chi connectivity index (χ1n) is 5.32. The normalized spacial score (nSPS) is 10.3. The molecule has 2 rings (SSSR count). The molecule has 0 aliphatic rings. The Labute approximate surface area is 99.8 Å². The highest BCUT2D eigenvalue weighted by Crippen LogP contribution is 2.10. The van der Waals surface area contributed by atoms with Crippen LogP contribution in [0.2, 0.25) is 0 Å². The highest BCUT2D eigenvalue weighted by atomic mass is 32.1. The fourth-order valence-corrected chi connectivity index (χ4v) is 2.29. The zero-order chi connectivity index (χ0) is 11.4. The Hall–Kier alpha value is -1.41. The van der Waals surface area contributed by atoms with Gasteiger partial charge in [0.1, 0.15) is 5.78 Å². The zero-order valence-electron chi connectivity index (χ0n) is 9.27. The van der Waals surface area contributed by atoms with E-state index in [0.29, 0.717) is 12.8 Å². The smallest absolute Gasteiger partial charge is 0.141 e. The number of carbonyl (C=O) groups excluding carboxylic acids is 1. The van der Waals surface area contributed by atoms with Crippen molar-refractivity contribution in [3.8, 4) is 0 Å². The number of hydrogen-bond acceptors (Lipinski definition) is 2. The summed E-state index contributed by atoms with van der Waals surface area (Å²) in [6, 6.07) is 10.2. The topological polar surface area (TPSA) is 17.1 Å². The monoisotopic (exact) mass is 230 g/mol. The molecule has 0 spiro atoms. The van der Waals surface area contributed by atoms with E-state index in [1.165, 1.54) is 5.56 Å². The summed E-state index contributed by atoms with van der Waals surface area (Å²) in [7, 11) is 0. The molecule has 0 saturated carbocycles. The standard InChI is InChI=1S/C14H14OS/c1-11-2-4-12(5-3-11)8-14(15)9-13-6-7-16-10-13/h2-7,10H,8-9H2,1H3. The van der Waals surface area contributed by atoms with E-state index in [-0.39, 0.29) is 5.78 Å². The summed E-state index contributed by atoms with van der Waals surface area (Å²) in [6.45, 7) is 2.05. The quantitative estimate of drug-likeness (QED) is 0.786. The lowest BCUT2D eigenvalue weighted by molar-refractivity contribution is -0.117. The number of thiophene rings is 1. The number of carbonyl (C=O) groups is 1. The van der Waals surface area contributed by atoms with Crippen molar-refractivity contribution < 1.29 is 4.79 Å². The van der Waals surface area contributed by atoms with Crippen molar-refractivity contribution >= 4 is 17.1 Å². The van der Waals surface area contributed by atoms with Gasteiger partial charge in [-0.3, -0.25) is 4.79 Å². The molecule has 0 amide bonds. The molecule has 0 fully saturated rings. The molecule has 1 nitrogen and oxygen atoms in total. The van der Waals surface area contributed by atoms with E-state index in [1.54, 1.807) is 11.3 Å². The van der Waals surface area contributed by atoms with E-state index in [2.05, 4.69) is 6.92 Å². The van der Waals surface area contributed by atoms with Gasteiger partial charge in [-0.05, 0) is 34.9 Å². The molecule has 1 aromatic heterocycles. The molecule has 0 bridgehead atoms. The lowest BCUT2D eigenvalue weighted by Crippen LogP contribution is -2.05. The van der Waals surface area contributed by atoms with Crippen LogP contribution in [0.15, 0.2) is 41.1 Å². The first-order chi connectivity index (χ1) is 7.74. The Bertz CT molecular complexity index is 454. The number of aryl methyl sites for hydroxylation is 1. The Morgan fingerprint density at radius 1 is 1.06 bits per heavy atom. The summed E-state index contributed by atoms with van der Waals surface area (Å²) in [6.07, 6.45) is 1.09. The number of hydrogen-bond donors (Lipinski definition) is 0. The van der Waals surface area contributed by atoms with Crippen LogP contribution < -0.4 is 0 Å². The average Bonchev–Trinajstić information content (AvgIpc) is 2.74. The van der Waals surface area contributed by atoms with Crippen LogP contribution in [0.25, 0.3) is 0 Å². The van der Waals surface area contributed by atoms with Crippen molar-refractivity contribution in [2.24, 2.45) is 0 Å². The van der Waals surface area contributed by atoms with E-state index >= 15 is 0 Å². The van der Waals surface area contributed by atoms with E-state index in [1.807, 2.05) is 41.1 Å². The van der Waals surface area contributed by atoms with Crippen LogP contribution in [0, 0.1) is 6.92 Å². The minimum Gasteiger partial charge on any atom is -0.299 e. The summed E-state index contributed by atoms with van der Waals surface area (Å²) in [5.41, 5.74) is 3.46. The molecule has 1 aromatic carbocycles. The first-order valence-corrected chi connectivity index (χ1v) is 6.26. The second-order valence-electron chi connectivity index (χ2n) is 4.01. The fraction of sp³-hybridized carbons (Fsp3) is 0.214. The lowest BCUT2D eigenvalue weighted by Gasteiger charge is -2.00. The van der Waals surface area contributed by atoms with Gasteiger partial charge in [-0.2, -0.15) is 11.3 Å². The van der Waals surface area contributed by atoms with Crippen LogP contribution in [0.5, 0.6) is 0 Å². The third-order valence-electron chi connectivity index (χ3n) is 2.50. The van der Waals surface area contributed by atoms with Crippen molar-refractivity contribution in [2.75, 3.05) is 0 Å². The van der Waals surface area contributed by atoms with Gasteiger partial charge >= 0.3 is 0 Å². The van der Waals surface area contributed by atoms with E-state index < -0.39 is 0 Å². The Morgan fingerprint density at radius 3 is 2.38 bits per heavy atom. The molecule has 82 valence electrons. The van der Waals surface area contributed by atoms with Crippen LogP contribution in [0.4, 0.5) is 0 Å². The molecule has 0 saturated heterocycles. The van der Waals surface area contributed by atoms with E-state index in [0.717, 1.165) is 11.1 Å². The van der Waals surface area contributed by atoms with Gasteiger partial charge in [-0.1, -0.05) is 29.8 Å². The van der Waals surface area contributed by atoms with Gasteiger partial charge in [-0.25, -0.2) is 0 Å². The summed E-state index contributed by atoms with van der Waals surface area (Å²) in [5, 5.41) is 4.04. The lowest BCUT2D eigenvalue weighted by atomic mass is 10.0. The van der Waals surface area contributed by atoms with E-state index in [4.69, 9.17) is 0 Å². The summed E-state index contributed by atoms with van der Waals surface area (Å²) >= 11 is 1.64. The van der Waals surface area contributed by atoms with Crippen LogP contribution >= 0.6 is 11.3 Å². The predicted octanol–water partition coefficient (Wildman–Crippen LogP) is 3.41. The van der Waals surface area contributed by atoms with Crippen molar-refractivity contribution in [1.29, 1.82) is 0 Å². The SMILES string of the molecule is Cc1ccc(CC(=O)Cc2ccsc2)cc1. The van der Waals surface area contributed by atoms with Gasteiger partial charge in [0.25, 0.3) is 0 Å². The molecule has 0 unspecified atom stereocenters. The largest absolute Gasteiger partial charge is 0.299 e. The molecular weight excluding hydrogens is 216 g/mol. The van der Waals surface area contributed by atoms with Crippen molar-refractivity contribution in [3.63, 3.8) is 0 Å². The maximum absolute atomic E-state index is 11.8. The van der Waals surface area contributed by atoms with Crippen LogP contribution in [0.3, 0.4) is 0 Å². The third kappa shape index (κ3) is 3.04. The minimum absolute atomic E-state index is 0.280. The average molecular weight is 230 g/mol. The number of ketones is 1. The second kappa shape index (κ2) is 5.08. The van der Waals surface area contributed by atoms with Gasteiger partial charge in [0.05, 0.1) is 0 Å². The van der Waals surface area contributed by atoms with Crippen LogP contribution in [-0.4, -0.2) is 5.78 Å². The summed E-state index contributed by atoms with van der Waals surface area (Å²) < 4.78 is 0. The minimum atomic E-state index is 0.280. The maximum Gasteiger partial charge on any atom is 0.141 e. The Morgan fingerprint density at radius 2 is 1.75 bits per heavy atom. The zero-order valence-corrected chi connectivity index (χ0v) is 10.1. The highest BCUT2D eigenvalue weighted by Gasteiger charge is 2.05. The number of Topliss-reactive ketones (excluding diaryl/α,β-unsaturated/α-hetero) is 1. The van der Waals surface area contributed by atoms with E-state index in [9.17, 15) is 4.79 Å². The van der Waals surface area contributed by atoms with Crippen LogP contribution in [0.1, 0.15) is 16.7 Å². The molecule has 2 aromatic rings. The van der Waals surface area contributed by atoms with Gasteiger partial charge in [-0.15, -0.1) is 0 Å². The Kier molecular flexibility index (Phi) is 3.52. The van der Waals surface area contributed by atoms with Crippen molar-refractivity contribution in [2.45, 2.75) is 19.8 Å². The summed E-state index contributed by atoms with van der Waals surface area (Å²) in [5.74, 6) is 0.280. The molecular formula is C14H14OS. The first kappa shape index (κ1) is 11.1. The second-order valence-corrected chi connectivity index (χ2v) is 4.79. The third-order valence-corrected chi connectivity index (χ3v) is 3.24. The maximum atomic E-state index is 11.8. The van der Waals surface area contributed by atoms with Crippen molar-refractivity contribution in [1.82, 2.24) is 0 Å². The van der Waals surface area contributed by atoms with Crippen molar-refractivity contribution in [3.05, 3.63) is 57.8 Å². The molecule has 16 heavy (non-hydrogen) atoms. The molecule has 0 aliphatic carbocycles. The van der Waals surface area contributed by atoms with Crippen LogP contribution in [-0.2, 0) is 17.6 Å². The highest BCUT2D eigenvalue weighted by molar-refractivity contribution is 7.07. The Balaban J connectivity index is 1.95. The van der Waals surface area contributed by atoms with Gasteiger partial charge in [0.15, 0.2) is 0 Å². The molecule has 1 heterocycles. The predicted molar refractivity (Wildman–Crippen MR) is 67.9 cm³/mol. The fourth-order valence-electron chi connectivity index (χ4n) is 1.62. The summed E-state index contributed by atoms with van der Waals surface area (Å²) in [4.78, 5) is 11.8. The number of benzene rings is 1. The van der Waals surface area contributed by atoms with Gasteiger partial charge in [0.2, 0.25) is 0 Å². The molecule has 2 heteroatoms.